The van der Waals surface area contributed by atoms with Gasteiger partial charge in [0.15, 0.2) is 11.5 Å². The van der Waals surface area contributed by atoms with Gasteiger partial charge in [0.25, 0.3) is 0 Å². The summed E-state index contributed by atoms with van der Waals surface area (Å²) >= 11 is 0. The van der Waals surface area contributed by atoms with E-state index in [4.69, 9.17) is 15.2 Å². The summed E-state index contributed by atoms with van der Waals surface area (Å²) in [6, 6.07) is 6.61. The summed E-state index contributed by atoms with van der Waals surface area (Å²) in [5, 5.41) is 0. The fourth-order valence-electron chi connectivity index (χ4n) is 3.04. The second-order valence-corrected chi connectivity index (χ2v) is 5.88. The first-order chi connectivity index (χ1) is 9.76. The molecule has 1 aromatic carbocycles. The second kappa shape index (κ2) is 5.92. The van der Waals surface area contributed by atoms with Crippen molar-refractivity contribution in [2.24, 2.45) is 11.7 Å². The molecule has 4 heteroatoms. The van der Waals surface area contributed by atoms with Crippen LogP contribution in [-0.4, -0.2) is 25.9 Å². The van der Waals surface area contributed by atoms with Crippen molar-refractivity contribution in [2.75, 3.05) is 24.8 Å². The standard InChI is InChI=1S/C16H24N2O2/c1-2-13(17)4-3-12-7-8-18(10-12)14-5-6-15-16(9-14)20-11-19-15/h5-6,9,12-13H,2-4,7-8,10-11,17H2,1H3. The average molecular weight is 276 g/mol. The predicted molar refractivity (Wildman–Crippen MR) is 80.4 cm³/mol. The maximum Gasteiger partial charge on any atom is 0.231 e. The monoisotopic (exact) mass is 276 g/mol. The maximum atomic E-state index is 6.01. The Labute approximate surface area is 120 Å². The van der Waals surface area contributed by atoms with Crippen molar-refractivity contribution in [3.8, 4) is 11.5 Å². The molecule has 20 heavy (non-hydrogen) atoms. The summed E-state index contributed by atoms with van der Waals surface area (Å²) in [5.41, 5.74) is 7.26. The third kappa shape index (κ3) is 2.85. The number of rotatable bonds is 5. The number of benzene rings is 1. The van der Waals surface area contributed by atoms with E-state index in [1.165, 1.54) is 18.5 Å². The molecular formula is C16H24N2O2. The molecule has 0 radical (unpaired) electrons. The van der Waals surface area contributed by atoms with Crippen LogP contribution in [0.15, 0.2) is 18.2 Å². The number of fused-ring (bicyclic) bond motifs is 1. The van der Waals surface area contributed by atoms with Gasteiger partial charge in [0.1, 0.15) is 0 Å². The minimum absolute atomic E-state index is 0.344. The molecule has 0 bridgehead atoms. The van der Waals surface area contributed by atoms with Crippen LogP contribution in [0.5, 0.6) is 11.5 Å². The zero-order chi connectivity index (χ0) is 13.9. The molecule has 2 aliphatic rings. The first-order valence-electron chi connectivity index (χ1n) is 7.66. The van der Waals surface area contributed by atoms with E-state index in [2.05, 4.69) is 24.0 Å². The first-order valence-corrected chi connectivity index (χ1v) is 7.66. The Morgan fingerprint density at radius 1 is 1.35 bits per heavy atom. The van der Waals surface area contributed by atoms with E-state index < -0.39 is 0 Å². The molecule has 2 aliphatic heterocycles. The SMILES string of the molecule is CCC(N)CCC1CCN(c2ccc3c(c2)OCO3)C1. The number of anilines is 1. The number of hydrogen-bond donors (Lipinski definition) is 1. The summed E-state index contributed by atoms with van der Waals surface area (Å²) in [6.45, 7) is 4.77. The van der Waals surface area contributed by atoms with Crippen LogP contribution >= 0.6 is 0 Å². The molecule has 0 saturated carbocycles. The quantitative estimate of drug-likeness (QED) is 0.898. The highest BCUT2D eigenvalue weighted by atomic mass is 16.7. The van der Waals surface area contributed by atoms with Crippen molar-refractivity contribution >= 4 is 5.69 Å². The molecule has 110 valence electrons. The molecule has 0 aromatic heterocycles. The van der Waals surface area contributed by atoms with Crippen molar-refractivity contribution in [1.82, 2.24) is 0 Å². The molecule has 2 atom stereocenters. The van der Waals surface area contributed by atoms with Gasteiger partial charge in [0.2, 0.25) is 6.79 Å². The lowest BCUT2D eigenvalue weighted by Crippen LogP contribution is -2.22. The molecule has 1 aromatic rings. The van der Waals surface area contributed by atoms with Crippen LogP contribution in [0.3, 0.4) is 0 Å². The van der Waals surface area contributed by atoms with Crippen LogP contribution in [0, 0.1) is 5.92 Å². The number of nitrogens with zero attached hydrogens (tertiary/aromatic N) is 1. The van der Waals surface area contributed by atoms with E-state index in [1.807, 2.05) is 6.07 Å². The summed E-state index contributed by atoms with van der Waals surface area (Å²) in [7, 11) is 0. The van der Waals surface area contributed by atoms with E-state index >= 15 is 0 Å². The number of nitrogens with two attached hydrogens (primary N) is 1. The van der Waals surface area contributed by atoms with Crippen LogP contribution < -0.4 is 20.1 Å². The van der Waals surface area contributed by atoms with Gasteiger partial charge in [0.05, 0.1) is 0 Å². The molecule has 0 aliphatic carbocycles. The zero-order valence-corrected chi connectivity index (χ0v) is 12.2. The fraction of sp³-hybridized carbons (Fsp3) is 0.625. The van der Waals surface area contributed by atoms with Crippen molar-refractivity contribution in [3.63, 3.8) is 0 Å². The van der Waals surface area contributed by atoms with Gasteiger partial charge in [-0.25, -0.2) is 0 Å². The topological polar surface area (TPSA) is 47.7 Å². The average Bonchev–Trinajstić information content (AvgIpc) is 3.12. The molecule has 3 rings (SSSR count). The Morgan fingerprint density at radius 2 is 2.20 bits per heavy atom. The van der Waals surface area contributed by atoms with Crippen LogP contribution in [0.4, 0.5) is 5.69 Å². The van der Waals surface area contributed by atoms with E-state index in [-0.39, 0.29) is 0 Å². The molecule has 2 unspecified atom stereocenters. The van der Waals surface area contributed by atoms with E-state index in [0.717, 1.165) is 43.3 Å². The van der Waals surface area contributed by atoms with Crippen molar-refractivity contribution in [2.45, 2.75) is 38.6 Å². The molecule has 4 nitrogen and oxygen atoms in total. The highest BCUT2D eigenvalue weighted by Crippen LogP contribution is 2.37. The minimum atomic E-state index is 0.344. The first kappa shape index (κ1) is 13.6. The second-order valence-electron chi connectivity index (χ2n) is 5.88. The van der Waals surface area contributed by atoms with Crippen LogP contribution in [-0.2, 0) is 0 Å². The maximum absolute atomic E-state index is 6.01. The Morgan fingerprint density at radius 3 is 3.05 bits per heavy atom. The summed E-state index contributed by atoms with van der Waals surface area (Å²) in [4.78, 5) is 2.45. The molecule has 1 fully saturated rings. The van der Waals surface area contributed by atoms with Crippen LogP contribution in [0.25, 0.3) is 0 Å². The van der Waals surface area contributed by atoms with Gasteiger partial charge in [-0.05, 0) is 43.7 Å². The fourth-order valence-corrected chi connectivity index (χ4v) is 3.04. The van der Waals surface area contributed by atoms with Crippen molar-refractivity contribution in [1.29, 1.82) is 0 Å². The lowest BCUT2D eigenvalue weighted by atomic mass is 9.98. The van der Waals surface area contributed by atoms with Crippen LogP contribution in [0.2, 0.25) is 0 Å². The Balaban J connectivity index is 1.57. The van der Waals surface area contributed by atoms with Gasteiger partial charge in [0, 0.05) is 30.9 Å². The van der Waals surface area contributed by atoms with Gasteiger partial charge >= 0.3 is 0 Å². The van der Waals surface area contributed by atoms with E-state index in [1.54, 1.807) is 0 Å². The Kier molecular flexibility index (Phi) is 4.01. The largest absolute Gasteiger partial charge is 0.454 e. The number of hydrogen-bond acceptors (Lipinski definition) is 4. The summed E-state index contributed by atoms with van der Waals surface area (Å²) < 4.78 is 10.8. The molecule has 0 amide bonds. The van der Waals surface area contributed by atoms with Gasteiger partial charge in [-0.2, -0.15) is 0 Å². The summed E-state index contributed by atoms with van der Waals surface area (Å²) in [6.07, 6.45) is 4.75. The van der Waals surface area contributed by atoms with Gasteiger partial charge in [-0.1, -0.05) is 6.92 Å². The lowest BCUT2D eigenvalue weighted by Gasteiger charge is -2.19. The van der Waals surface area contributed by atoms with Crippen molar-refractivity contribution in [3.05, 3.63) is 18.2 Å². The van der Waals surface area contributed by atoms with Gasteiger partial charge < -0.3 is 20.1 Å². The van der Waals surface area contributed by atoms with Gasteiger partial charge in [-0.3, -0.25) is 0 Å². The van der Waals surface area contributed by atoms with E-state index in [0.29, 0.717) is 12.8 Å². The Bertz CT molecular complexity index is 464. The van der Waals surface area contributed by atoms with E-state index in [9.17, 15) is 0 Å². The van der Waals surface area contributed by atoms with Gasteiger partial charge in [-0.15, -0.1) is 0 Å². The van der Waals surface area contributed by atoms with Crippen LogP contribution in [0.1, 0.15) is 32.6 Å². The molecule has 0 spiro atoms. The number of ether oxygens (including phenoxy) is 2. The molecular weight excluding hydrogens is 252 g/mol. The highest BCUT2D eigenvalue weighted by molar-refractivity contribution is 5.57. The normalized spacial score (nSPS) is 22.3. The smallest absolute Gasteiger partial charge is 0.231 e. The Hall–Kier alpha value is -1.42. The van der Waals surface area contributed by atoms with Crippen molar-refractivity contribution < 1.29 is 9.47 Å². The third-order valence-electron chi connectivity index (χ3n) is 4.48. The zero-order valence-electron chi connectivity index (χ0n) is 12.2. The molecule has 2 heterocycles. The third-order valence-corrected chi connectivity index (χ3v) is 4.48. The summed E-state index contributed by atoms with van der Waals surface area (Å²) in [5.74, 6) is 2.51. The highest BCUT2D eigenvalue weighted by Gasteiger charge is 2.24. The minimum Gasteiger partial charge on any atom is -0.454 e. The predicted octanol–water partition coefficient (Wildman–Crippen LogP) is 2.76. The lowest BCUT2D eigenvalue weighted by molar-refractivity contribution is 0.174. The molecule has 1 saturated heterocycles. The molecule has 2 N–H and O–H groups in total.